The van der Waals surface area contributed by atoms with Gasteiger partial charge in [0, 0.05) is 23.1 Å². The first-order valence-corrected chi connectivity index (χ1v) is 10.1. The molecule has 2 atom stereocenters. The Kier molecular flexibility index (Phi) is 6.05. The fourth-order valence-corrected chi connectivity index (χ4v) is 3.35. The maximum Gasteiger partial charge on any atom is 0.256 e. The van der Waals surface area contributed by atoms with Crippen molar-refractivity contribution in [2.75, 3.05) is 11.9 Å². The van der Waals surface area contributed by atoms with E-state index in [1.165, 1.54) is 0 Å². The number of anilines is 1. The summed E-state index contributed by atoms with van der Waals surface area (Å²) in [6.07, 6.45) is 4.10. The van der Waals surface area contributed by atoms with Gasteiger partial charge >= 0.3 is 0 Å². The van der Waals surface area contributed by atoms with Crippen LogP contribution in [0.5, 0.6) is 5.75 Å². The average molecular weight is 370 g/mol. The lowest BCUT2D eigenvalue weighted by molar-refractivity contribution is -0.142. The topological polar surface area (TPSA) is 47.6 Å². The van der Waals surface area contributed by atoms with Crippen LogP contribution in [0.15, 0.2) is 36.4 Å². The number of hydrogen-bond donors (Lipinski definition) is 1. The van der Waals surface area contributed by atoms with Crippen LogP contribution in [-0.2, 0) is 9.53 Å². The first-order valence-electron chi connectivity index (χ1n) is 10.1. The Balaban J connectivity index is 1.88. The molecule has 1 aliphatic carbocycles. The summed E-state index contributed by atoms with van der Waals surface area (Å²) in [6, 6.07) is 11.9. The Labute approximate surface area is 162 Å². The van der Waals surface area contributed by atoms with Gasteiger partial charge in [0.2, 0.25) is 0 Å². The molecule has 1 fully saturated rings. The summed E-state index contributed by atoms with van der Waals surface area (Å²) in [6.45, 7) is 8.77. The first kappa shape index (κ1) is 19.7. The quantitative estimate of drug-likeness (QED) is 0.630. The highest BCUT2D eigenvalue weighted by molar-refractivity contribution is 6.06. The second-order valence-corrected chi connectivity index (χ2v) is 7.68. The van der Waals surface area contributed by atoms with Gasteiger partial charge < -0.3 is 14.8 Å². The summed E-state index contributed by atoms with van der Waals surface area (Å²) < 4.78 is 12.1. The molecular formula is C23H31NO3. The molecule has 27 heavy (non-hydrogen) atoms. The third-order valence-corrected chi connectivity index (χ3v) is 5.45. The molecule has 4 heteroatoms. The molecule has 146 valence electrons. The van der Waals surface area contributed by atoms with Crippen molar-refractivity contribution in [3.05, 3.63) is 36.4 Å². The van der Waals surface area contributed by atoms with Crippen molar-refractivity contribution in [2.45, 2.75) is 65.1 Å². The zero-order chi connectivity index (χ0) is 19.4. The molecule has 1 amide bonds. The smallest absolute Gasteiger partial charge is 0.256 e. The number of hydrogen-bond acceptors (Lipinski definition) is 3. The van der Waals surface area contributed by atoms with Gasteiger partial charge in [0.1, 0.15) is 11.4 Å². The minimum atomic E-state index is -0.761. The monoisotopic (exact) mass is 369 g/mol. The lowest BCUT2D eigenvalue weighted by atomic mass is 9.98. The SMILES string of the molecule is CCCO[C@@](C)(C(=O)Nc1ccc(O[C@@H](C)CC)c2ccccc12)C1CC1. The van der Waals surface area contributed by atoms with Gasteiger partial charge in [0.25, 0.3) is 5.91 Å². The van der Waals surface area contributed by atoms with Crippen LogP contribution in [0.3, 0.4) is 0 Å². The van der Waals surface area contributed by atoms with Gasteiger partial charge in [-0.3, -0.25) is 4.79 Å². The predicted octanol–water partition coefficient (Wildman–Crippen LogP) is 5.55. The molecule has 1 saturated carbocycles. The van der Waals surface area contributed by atoms with Crippen LogP contribution in [0.2, 0.25) is 0 Å². The highest BCUT2D eigenvalue weighted by atomic mass is 16.5. The van der Waals surface area contributed by atoms with Gasteiger partial charge in [0.05, 0.1) is 6.10 Å². The number of benzene rings is 2. The van der Waals surface area contributed by atoms with E-state index in [1.54, 1.807) is 0 Å². The van der Waals surface area contributed by atoms with Gasteiger partial charge in [-0.25, -0.2) is 0 Å². The van der Waals surface area contributed by atoms with Gasteiger partial charge in [-0.05, 0) is 57.6 Å². The second kappa shape index (κ2) is 8.30. The van der Waals surface area contributed by atoms with Gasteiger partial charge in [-0.1, -0.05) is 38.1 Å². The zero-order valence-corrected chi connectivity index (χ0v) is 16.9. The first-order chi connectivity index (χ1) is 13.0. The van der Waals surface area contributed by atoms with Gasteiger partial charge in [-0.15, -0.1) is 0 Å². The molecule has 0 saturated heterocycles. The number of fused-ring (bicyclic) bond motifs is 1. The fourth-order valence-electron chi connectivity index (χ4n) is 3.35. The van der Waals surface area contributed by atoms with E-state index in [4.69, 9.17) is 9.47 Å². The van der Waals surface area contributed by atoms with Crippen molar-refractivity contribution < 1.29 is 14.3 Å². The van der Waals surface area contributed by atoms with E-state index in [2.05, 4.69) is 26.1 Å². The number of nitrogens with one attached hydrogen (secondary N) is 1. The van der Waals surface area contributed by atoms with Crippen molar-refractivity contribution >= 4 is 22.4 Å². The van der Waals surface area contributed by atoms with E-state index in [-0.39, 0.29) is 12.0 Å². The summed E-state index contributed by atoms with van der Waals surface area (Å²) in [5.74, 6) is 1.10. The number of ether oxygens (including phenoxy) is 2. The van der Waals surface area contributed by atoms with Crippen LogP contribution in [0.1, 0.15) is 53.4 Å². The molecule has 2 aromatic carbocycles. The van der Waals surface area contributed by atoms with Crippen molar-refractivity contribution in [3.63, 3.8) is 0 Å². The summed E-state index contributed by atoms with van der Waals surface area (Å²) >= 11 is 0. The molecule has 2 aromatic rings. The molecule has 1 N–H and O–H groups in total. The largest absolute Gasteiger partial charge is 0.490 e. The van der Waals surface area contributed by atoms with E-state index in [0.29, 0.717) is 12.5 Å². The minimum Gasteiger partial charge on any atom is -0.490 e. The van der Waals surface area contributed by atoms with E-state index in [0.717, 1.165) is 47.9 Å². The molecule has 0 unspecified atom stereocenters. The highest BCUT2D eigenvalue weighted by Crippen LogP contribution is 2.43. The van der Waals surface area contributed by atoms with Crippen molar-refractivity contribution in [1.29, 1.82) is 0 Å². The van der Waals surface area contributed by atoms with Gasteiger partial charge in [0.15, 0.2) is 0 Å². The van der Waals surface area contributed by atoms with E-state index >= 15 is 0 Å². The molecule has 0 aliphatic heterocycles. The lowest BCUT2D eigenvalue weighted by Crippen LogP contribution is -2.45. The highest BCUT2D eigenvalue weighted by Gasteiger charge is 2.48. The number of carbonyl (C=O) groups is 1. The fraction of sp³-hybridized carbons (Fsp3) is 0.522. The number of rotatable bonds is 9. The van der Waals surface area contributed by atoms with Crippen LogP contribution in [0, 0.1) is 5.92 Å². The molecule has 0 heterocycles. The Bertz CT molecular complexity index is 799. The summed E-state index contributed by atoms with van der Waals surface area (Å²) in [4.78, 5) is 13.1. The van der Waals surface area contributed by atoms with E-state index < -0.39 is 5.60 Å². The summed E-state index contributed by atoms with van der Waals surface area (Å²) in [5.41, 5.74) is 0.0438. The van der Waals surface area contributed by atoms with E-state index in [1.807, 2.05) is 43.3 Å². The maximum absolute atomic E-state index is 13.1. The summed E-state index contributed by atoms with van der Waals surface area (Å²) in [7, 11) is 0. The minimum absolute atomic E-state index is 0.0563. The molecule has 0 spiro atoms. The van der Waals surface area contributed by atoms with Crippen LogP contribution >= 0.6 is 0 Å². The third-order valence-electron chi connectivity index (χ3n) is 5.45. The normalized spacial score (nSPS) is 17.3. The number of carbonyl (C=O) groups excluding carboxylic acids is 1. The number of amides is 1. The van der Waals surface area contributed by atoms with Crippen molar-refractivity contribution in [1.82, 2.24) is 0 Å². The maximum atomic E-state index is 13.1. The Morgan fingerprint density at radius 2 is 1.89 bits per heavy atom. The molecule has 1 aliphatic rings. The van der Waals surface area contributed by atoms with Crippen LogP contribution in [0.4, 0.5) is 5.69 Å². The van der Waals surface area contributed by atoms with Crippen molar-refractivity contribution in [3.8, 4) is 5.75 Å². The molecular weight excluding hydrogens is 338 g/mol. The zero-order valence-electron chi connectivity index (χ0n) is 16.9. The van der Waals surface area contributed by atoms with Gasteiger partial charge in [-0.2, -0.15) is 0 Å². The molecule has 0 aromatic heterocycles. The molecule has 4 nitrogen and oxygen atoms in total. The Morgan fingerprint density at radius 1 is 1.19 bits per heavy atom. The van der Waals surface area contributed by atoms with Crippen LogP contribution < -0.4 is 10.1 Å². The third kappa shape index (κ3) is 4.27. The lowest BCUT2D eigenvalue weighted by Gasteiger charge is -2.29. The Hall–Kier alpha value is -2.07. The second-order valence-electron chi connectivity index (χ2n) is 7.68. The molecule has 3 rings (SSSR count). The standard InChI is InChI=1S/C23H31NO3/c1-5-15-26-23(4,17-11-12-17)22(25)24-20-13-14-21(27-16(3)6-2)19-10-8-7-9-18(19)20/h7-10,13-14,16-17H,5-6,11-12,15H2,1-4H3,(H,24,25)/t16-,23+/m0/s1. The van der Waals surface area contributed by atoms with Crippen LogP contribution in [0.25, 0.3) is 10.8 Å². The summed E-state index contributed by atoms with van der Waals surface area (Å²) in [5, 5.41) is 5.13. The van der Waals surface area contributed by atoms with Crippen LogP contribution in [-0.4, -0.2) is 24.2 Å². The molecule has 0 bridgehead atoms. The predicted molar refractivity (Wildman–Crippen MR) is 110 cm³/mol. The average Bonchev–Trinajstić information content (AvgIpc) is 3.53. The molecule has 0 radical (unpaired) electrons. The van der Waals surface area contributed by atoms with Crippen molar-refractivity contribution in [2.24, 2.45) is 5.92 Å². The van der Waals surface area contributed by atoms with E-state index in [9.17, 15) is 4.79 Å². The Morgan fingerprint density at radius 3 is 2.52 bits per heavy atom.